The van der Waals surface area contributed by atoms with Gasteiger partial charge in [0, 0.05) is 36.8 Å². The van der Waals surface area contributed by atoms with Gasteiger partial charge in [-0.1, -0.05) is 24.8 Å². The number of carbonyl (C=O) groups excluding carboxylic acids is 2. The van der Waals surface area contributed by atoms with Gasteiger partial charge in [-0.3, -0.25) is 9.48 Å². The minimum atomic E-state index is -5.26. The molecule has 3 heterocycles. The Morgan fingerprint density at radius 3 is 2.76 bits per heavy atom. The molecule has 222 valence electrons. The first-order valence-corrected chi connectivity index (χ1v) is 12.7. The predicted molar refractivity (Wildman–Crippen MR) is 146 cm³/mol. The zero-order valence-electron chi connectivity index (χ0n) is 22.6. The number of methoxy groups -OCH3 is 1. The standard InChI is InChI=1S/C28H28F3N5O6/c1-18(42-27(38)28(29,30)31)26(37)35-21-5-3-4-19(12-21)17-41-24-13-25(32-15-23(24)20-6-9-40-10-7-20)34-22-14-33-36(16-22)8-11-39-2/h3-6,12-16H,1,7-11,17H2,2H3,(H,32,34)(H,35,37). The molecular formula is C28H28F3N5O6. The number of halogens is 3. The van der Waals surface area contributed by atoms with Crippen LogP contribution in [0.4, 0.5) is 30.4 Å². The van der Waals surface area contributed by atoms with Crippen LogP contribution in [0.1, 0.15) is 17.5 Å². The van der Waals surface area contributed by atoms with E-state index in [0.29, 0.717) is 49.9 Å². The van der Waals surface area contributed by atoms with Crippen LogP contribution in [-0.4, -0.2) is 59.7 Å². The summed E-state index contributed by atoms with van der Waals surface area (Å²) < 4.78 is 59.7. The molecule has 1 aliphatic rings. The average Bonchev–Trinajstić information content (AvgIpc) is 3.42. The molecule has 2 N–H and O–H groups in total. The lowest BCUT2D eigenvalue weighted by molar-refractivity contribution is -0.195. The zero-order chi connectivity index (χ0) is 30.1. The van der Waals surface area contributed by atoms with Gasteiger partial charge in [0.15, 0.2) is 5.76 Å². The quantitative estimate of drug-likeness (QED) is 0.178. The van der Waals surface area contributed by atoms with Crippen molar-refractivity contribution < 1.29 is 41.7 Å². The van der Waals surface area contributed by atoms with E-state index < -0.39 is 23.8 Å². The number of hydrogen-bond donors (Lipinski definition) is 2. The van der Waals surface area contributed by atoms with E-state index in [-0.39, 0.29) is 12.3 Å². The number of alkyl halides is 3. The van der Waals surface area contributed by atoms with E-state index in [0.717, 1.165) is 16.8 Å². The number of pyridine rings is 1. The lowest BCUT2D eigenvalue weighted by Crippen LogP contribution is -2.28. The van der Waals surface area contributed by atoms with Crippen molar-refractivity contribution in [1.29, 1.82) is 0 Å². The van der Waals surface area contributed by atoms with E-state index in [9.17, 15) is 22.8 Å². The number of carbonyl (C=O) groups is 2. The number of aromatic nitrogens is 3. The summed E-state index contributed by atoms with van der Waals surface area (Å²) >= 11 is 0. The van der Waals surface area contributed by atoms with Crippen molar-refractivity contribution in [1.82, 2.24) is 14.8 Å². The highest BCUT2D eigenvalue weighted by atomic mass is 19.4. The number of hydrogen-bond acceptors (Lipinski definition) is 9. The van der Waals surface area contributed by atoms with Crippen LogP contribution in [0.2, 0.25) is 0 Å². The van der Waals surface area contributed by atoms with Gasteiger partial charge in [0.05, 0.1) is 38.2 Å². The average molecular weight is 588 g/mol. The summed E-state index contributed by atoms with van der Waals surface area (Å²) in [7, 11) is 1.62. The molecule has 1 aromatic carbocycles. The van der Waals surface area contributed by atoms with Crippen LogP contribution in [0.3, 0.4) is 0 Å². The first-order chi connectivity index (χ1) is 20.1. The Kier molecular flexibility index (Phi) is 9.93. The van der Waals surface area contributed by atoms with Gasteiger partial charge in [-0.2, -0.15) is 18.3 Å². The Morgan fingerprint density at radius 2 is 2.02 bits per heavy atom. The number of rotatable bonds is 12. The molecule has 0 saturated carbocycles. The smallest absolute Gasteiger partial charge is 0.488 e. The van der Waals surface area contributed by atoms with E-state index in [4.69, 9.17) is 14.2 Å². The second-order valence-corrected chi connectivity index (χ2v) is 8.98. The third-order valence-electron chi connectivity index (χ3n) is 5.89. The summed E-state index contributed by atoms with van der Waals surface area (Å²) in [5.74, 6) is -3.55. The maximum Gasteiger partial charge on any atom is 0.491 e. The van der Waals surface area contributed by atoms with Crippen molar-refractivity contribution >= 4 is 34.6 Å². The van der Waals surface area contributed by atoms with Crippen molar-refractivity contribution in [3.05, 3.63) is 78.5 Å². The van der Waals surface area contributed by atoms with Crippen LogP contribution in [0.5, 0.6) is 5.75 Å². The SMILES string of the molecule is C=C(OC(=O)C(F)(F)F)C(=O)Nc1cccc(COc2cc(Nc3cnn(CCOC)c3)ncc2C2=CCOCC2)c1. The maximum atomic E-state index is 12.4. The summed E-state index contributed by atoms with van der Waals surface area (Å²) in [5.41, 5.74) is 3.43. The molecule has 2 aromatic heterocycles. The third-order valence-corrected chi connectivity index (χ3v) is 5.89. The highest BCUT2D eigenvalue weighted by Crippen LogP contribution is 2.32. The number of amides is 1. The summed E-state index contributed by atoms with van der Waals surface area (Å²) in [5, 5.41) is 9.85. The number of benzene rings is 1. The second kappa shape index (κ2) is 13.8. The molecule has 0 bridgehead atoms. The van der Waals surface area contributed by atoms with Crippen molar-refractivity contribution in [3.63, 3.8) is 0 Å². The van der Waals surface area contributed by atoms with Crippen LogP contribution in [0.15, 0.2) is 67.3 Å². The molecular weight excluding hydrogens is 559 g/mol. The fourth-order valence-electron chi connectivity index (χ4n) is 3.84. The molecule has 0 fully saturated rings. The zero-order valence-corrected chi connectivity index (χ0v) is 22.6. The van der Waals surface area contributed by atoms with Crippen LogP contribution >= 0.6 is 0 Å². The number of ether oxygens (including phenoxy) is 4. The Balaban J connectivity index is 1.46. The highest BCUT2D eigenvalue weighted by Gasteiger charge is 2.42. The molecule has 0 radical (unpaired) electrons. The van der Waals surface area contributed by atoms with Crippen LogP contribution < -0.4 is 15.4 Å². The number of esters is 1. The summed E-state index contributed by atoms with van der Waals surface area (Å²) in [6, 6.07) is 8.22. The Morgan fingerprint density at radius 1 is 1.19 bits per heavy atom. The molecule has 14 heteroatoms. The van der Waals surface area contributed by atoms with Gasteiger partial charge in [-0.25, -0.2) is 9.78 Å². The molecule has 0 saturated heterocycles. The first kappa shape index (κ1) is 30.3. The number of nitrogens with zero attached hydrogens (tertiary/aromatic N) is 3. The molecule has 1 aliphatic heterocycles. The molecule has 0 spiro atoms. The van der Waals surface area contributed by atoms with E-state index in [1.807, 2.05) is 12.3 Å². The minimum absolute atomic E-state index is 0.0862. The normalized spacial score (nSPS) is 13.2. The van der Waals surface area contributed by atoms with E-state index >= 15 is 0 Å². The van der Waals surface area contributed by atoms with Gasteiger partial charge in [-0.05, 0) is 29.7 Å². The largest absolute Gasteiger partial charge is 0.491 e. The van der Waals surface area contributed by atoms with E-state index in [1.54, 1.807) is 48.5 Å². The topological polar surface area (TPSA) is 126 Å². The fraction of sp³-hybridized carbons (Fsp3) is 0.286. The van der Waals surface area contributed by atoms with Crippen molar-refractivity contribution in [3.8, 4) is 5.75 Å². The van der Waals surface area contributed by atoms with Gasteiger partial charge in [-0.15, -0.1) is 0 Å². The van der Waals surface area contributed by atoms with Gasteiger partial charge >= 0.3 is 12.1 Å². The summed E-state index contributed by atoms with van der Waals surface area (Å²) in [6.07, 6.45) is 2.61. The monoisotopic (exact) mass is 587 g/mol. The molecule has 0 atom stereocenters. The van der Waals surface area contributed by atoms with Crippen LogP contribution in [0, 0.1) is 0 Å². The highest BCUT2D eigenvalue weighted by molar-refractivity contribution is 6.03. The Hall–Kier alpha value is -4.69. The molecule has 42 heavy (non-hydrogen) atoms. The maximum absolute atomic E-state index is 12.4. The molecule has 4 rings (SSSR count). The fourth-order valence-corrected chi connectivity index (χ4v) is 3.84. The minimum Gasteiger partial charge on any atom is -0.488 e. The van der Waals surface area contributed by atoms with Crippen LogP contribution in [0.25, 0.3) is 5.57 Å². The Labute approximate surface area is 238 Å². The van der Waals surface area contributed by atoms with Crippen LogP contribution in [-0.2, 0) is 37.0 Å². The number of anilines is 3. The van der Waals surface area contributed by atoms with Crippen molar-refractivity contribution in [2.45, 2.75) is 25.7 Å². The predicted octanol–water partition coefficient (Wildman–Crippen LogP) is 4.61. The second-order valence-electron chi connectivity index (χ2n) is 8.98. The van der Waals surface area contributed by atoms with Gasteiger partial charge < -0.3 is 29.6 Å². The molecule has 1 amide bonds. The molecule has 0 aliphatic carbocycles. The van der Waals surface area contributed by atoms with E-state index in [2.05, 4.69) is 32.0 Å². The van der Waals surface area contributed by atoms with Crippen molar-refractivity contribution in [2.75, 3.05) is 37.6 Å². The summed E-state index contributed by atoms with van der Waals surface area (Å²) in [4.78, 5) is 27.7. The van der Waals surface area contributed by atoms with Gasteiger partial charge in [0.2, 0.25) is 0 Å². The van der Waals surface area contributed by atoms with Gasteiger partial charge in [0.1, 0.15) is 18.2 Å². The van der Waals surface area contributed by atoms with Crippen molar-refractivity contribution in [2.24, 2.45) is 0 Å². The molecule has 3 aromatic rings. The first-order valence-electron chi connectivity index (χ1n) is 12.7. The summed E-state index contributed by atoms with van der Waals surface area (Å²) in [6.45, 7) is 5.34. The van der Waals surface area contributed by atoms with Gasteiger partial charge in [0.25, 0.3) is 5.91 Å². The lowest BCUT2D eigenvalue weighted by Gasteiger charge is -2.18. The Bertz CT molecular complexity index is 1470. The van der Waals surface area contributed by atoms with E-state index in [1.165, 1.54) is 6.07 Å². The lowest BCUT2D eigenvalue weighted by atomic mass is 10.0. The molecule has 0 unspecified atom stereocenters. The molecule has 11 nitrogen and oxygen atoms in total. The number of nitrogens with one attached hydrogen (secondary N) is 2. The third kappa shape index (κ3) is 8.41.